The molecular weight excluding hydrogens is 462 g/mol. The molecule has 2 aliphatic rings. The molecule has 0 spiro atoms. The molecule has 9 nitrogen and oxygen atoms in total. The van der Waals surface area contributed by atoms with E-state index < -0.39 is 17.7 Å². The number of nitrogens with one attached hydrogen (secondary N) is 1. The molecule has 2 saturated heterocycles. The largest absolute Gasteiger partial charge is 0.507 e. The highest BCUT2D eigenvalue weighted by Crippen LogP contribution is 2.46. The van der Waals surface area contributed by atoms with E-state index >= 15 is 0 Å². The highest BCUT2D eigenvalue weighted by Gasteiger charge is 2.47. The third kappa shape index (κ3) is 4.32. The van der Waals surface area contributed by atoms with Gasteiger partial charge in [-0.05, 0) is 70.0 Å². The average molecular weight is 498 g/mol. The molecule has 2 fully saturated rings. The van der Waals surface area contributed by atoms with Crippen molar-refractivity contribution < 1.29 is 28.9 Å². The summed E-state index contributed by atoms with van der Waals surface area (Å²) in [6.45, 7) is 8.57. The minimum atomic E-state index is -0.810. The molecule has 3 heterocycles. The van der Waals surface area contributed by atoms with Crippen LogP contribution in [-0.2, 0) is 9.59 Å². The second kappa shape index (κ2) is 10.3. The van der Waals surface area contributed by atoms with Gasteiger partial charge in [0.1, 0.15) is 5.76 Å². The van der Waals surface area contributed by atoms with E-state index in [1.165, 1.54) is 21.3 Å². The number of likely N-dealkylation sites (tertiary alicyclic amines) is 2. The lowest BCUT2D eigenvalue weighted by Crippen LogP contribution is -2.37. The Kier molecular flexibility index (Phi) is 7.31. The lowest BCUT2D eigenvalue weighted by molar-refractivity contribution is -0.140. The Bertz CT molecular complexity index is 1180. The molecule has 0 saturated carbocycles. The first-order valence-electron chi connectivity index (χ1n) is 12.2. The molecule has 2 aromatic rings. The molecule has 1 aromatic heterocycles. The molecule has 1 atom stereocenters. The lowest BCUT2D eigenvalue weighted by Gasteiger charge is -2.28. The maximum Gasteiger partial charge on any atom is 0.295 e. The van der Waals surface area contributed by atoms with Gasteiger partial charge >= 0.3 is 0 Å². The first-order valence-corrected chi connectivity index (χ1v) is 12.2. The molecule has 0 bridgehead atoms. The van der Waals surface area contributed by atoms with Crippen LogP contribution in [0.1, 0.15) is 47.0 Å². The summed E-state index contributed by atoms with van der Waals surface area (Å²) in [4.78, 5) is 33.9. The van der Waals surface area contributed by atoms with E-state index in [0.29, 0.717) is 41.5 Å². The number of methoxy groups -OCH3 is 3. The SMILES string of the molecule is COc1cc(C2/C(=C(\O)c3c(C)[nH]c(C)c3C)C(=O)C(=O)N2CCN2CCCC2)cc(OC)c1OC. The fourth-order valence-corrected chi connectivity index (χ4v) is 5.37. The predicted molar refractivity (Wildman–Crippen MR) is 136 cm³/mol. The van der Waals surface area contributed by atoms with Crippen molar-refractivity contribution in [2.75, 3.05) is 47.5 Å². The summed E-state index contributed by atoms with van der Waals surface area (Å²) in [5.74, 6) is -0.299. The number of hydrogen-bond acceptors (Lipinski definition) is 7. The average Bonchev–Trinajstić information content (AvgIpc) is 3.54. The Morgan fingerprint density at radius 3 is 2.08 bits per heavy atom. The first-order chi connectivity index (χ1) is 17.2. The van der Waals surface area contributed by atoms with Crippen LogP contribution in [0.25, 0.3) is 5.76 Å². The molecule has 1 unspecified atom stereocenters. The van der Waals surface area contributed by atoms with E-state index in [4.69, 9.17) is 14.2 Å². The van der Waals surface area contributed by atoms with E-state index in [-0.39, 0.29) is 11.3 Å². The number of ketones is 1. The van der Waals surface area contributed by atoms with Gasteiger partial charge in [-0.1, -0.05) is 0 Å². The predicted octanol–water partition coefficient (Wildman–Crippen LogP) is 3.48. The number of Topliss-reactive ketones (excluding diaryl/α,β-unsaturated/α-hetero) is 1. The van der Waals surface area contributed by atoms with Gasteiger partial charge in [-0.15, -0.1) is 0 Å². The molecule has 1 aromatic carbocycles. The van der Waals surface area contributed by atoms with Crippen LogP contribution in [0.3, 0.4) is 0 Å². The van der Waals surface area contributed by atoms with Crippen molar-refractivity contribution in [3.05, 3.63) is 45.8 Å². The number of rotatable bonds is 8. The molecule has 2 N–H and O–H groups in total. The number of nitrogens with zero attached hydrogens (tertiary/aromatic N) is 2. The molecule has 0 aliphatic carbocycles. The van der Waals surface area contributed by atoms with E-state index in [9.17, 15) is 14.7 Å². The number of aliphatic hydroxyl groups excluding tert-OH is 1. The van der Waals surface area contributed by atoms with Crippen molar-refractivity contribution in [1.29, 1.82) is 0 Å². The van der Waals surface area contributed by atoms with Gasteiger partial charge in [0, 0.05) is 30.0 Å². The maximum atomic E-state index is 13.5. The number of H-pyrrole nitrogens is 1. The van der Waals surface area contributed by atoms with Gasteiger partial charge < -0.3 is 34.1 Å². The molecule has 4 rings (SSSR count). The van der Waals surface area contributed by atoms with Crippen molar-refractivity contribution in [3.63, 3.8) is 0 Å². The number of aromatic nitrogens is 1. The monoisotopic (exact) mass is 497 g/mol. The van der Waals surface area contributed by atoms with Crippen LogP contribution in [0.2, 0.25) is 0 Å². The van der Waals surface area contributed by atoms with E-state index in [2.05, 4.69) is 9.88 Å². The highest BCUT2D eigenvalue weighted by atomic mass is 16.5. The molecular formula is C27H35N3O6. The van der Waals surface area contributed by atoms with Crippen molar-refractivity contribution >= 4 is 17.4 Å². The second-order valence-corrected chi connectivity index (χ2v) is 9.37. The van der Waals surface area contributed by atoms with Crippen molar-refractivity contribution in [3.8, 4) is 17.2 Å². The van der Waals surface area contributed by atoms with Gasteiger partial charge in [0.2, 0.25) is 5.75 Å². The highest BCUT2D eigenvalue weighted by molar-refractivity contribution is 6.46. The van der Waals surface area contributed by atoms with Gasteiger partial charge in [-0.2, -0.15) is 0 Å². The summed E-state index contributed by atoms with van der Waals surface area (Å²) < 4.78 is 16.6. The topological polar surface area (TPSA) is 104 Å². The fourth-order valence-electron chi connectivity index (χ4n) is 5.37. The van der Waals surface area contributed by atoms with Crippen molar-refractivity contribution in [2.45, 2.75) is 39.7 Å². The van der Waals surface area contributed by atoms with Gasteiger partial charge in [-0.25, -0.2) is 0 Å². The zero-order valence-corrected chi connectivity index (χ0v) is 21.9. The van der Waals surface area contributed by atoms with E-state index in [0.717, 1.165) is 42.9 Å². The summed E-state index contributed by atoms with van der Waals surface area (Å²) >= 11 is 0. The van der Waals surface area contributed by atoms with Crippen LogP contribution < -0.4 is 14.2 Å². The fraction of sp³-hybridized carbons (Fsp3) is 0.481. The summed E-state index contributed by atoms with van der Waals surface area (Å²) in [6, 6.07) is 2.65. The lowest BCUT2D eigenvalue weighted by atomic mass is 9.93. The number of aliphatic hydroxyl groups is 1. The first kappa shape index (κ1) is 25.6. The molecule has 1 amide bonds. The number of carbonyl (C=O) groups excluding carboxylic acids is 2. The molecule has 9 heteroatoms. The normalized spacial score (nSPS) is 19.8. The number of benzene rings is 1. The minimum Gasteiger partial charge on any atom is -0.507 e. The Morgan fingerprint density at radius 1 is 0.972 bits per heavy atom. The quantitative estimate of drug-likeness (QED) is 0.327. The smallest absolute Gasteiger partial charge is 0.295 e. The van der Waals surface area contributed by atoms with Crippen LogP contribution in [0.4, 0.5) is 0 Å². The van der Waals surface area contributed by atoms with Gasteiger partial charge in [0.05, 0.1) is 32.9 Å². The van der Waals surface area contributed by atoms with Crippen LogP contribution in [0, 0.1) is 20.8 Å². The number of amides is 1. The second-order valence-electron chi connectivity index (χ2n) is 9.37. The van der Waals surface area contributed by atoms with Gasteiger partial charge in [-0.3, -0.25) is 9.59 Å². The summed E-state index contributed by atoms with van der Waals surface area (Å²) in [6.07, 6.45) is 2.25. The standard InChI is InChI=1S/C27H35N3O6/c1-15-16(2)28-17(3)21(15)24(31)22-23(18-13-19(34-4)26(36-6)20(14-18)35-5)30(27(33)25(22)32)12-11-29-9-7-8-10-29/h13-14,23,28,31H,7-12H2,1-6H3/b24-22+. The number of aryl methyl sites for hydroxylation is 2. The maximum absolute atomic E-state index is 13.5. The Morgan fingerprint density at radius 2 is 1.58 bits per heavy atom. The molecule has 2 aliphatic heterocycles. The number of aromatic amines is 1. The molecule has 36 heavy (non-hydrogen) atoms. The number of carbonyl (C=O) groups is 2. The number of ether oxygens (including phenoxy) is 3. The van der Waals surface area contributed by atoms with Gasteiger partial charge in [0.25, 0.3) is 11.7 Å². The van der Waals surface area contributed by atoms with E-state index in [1.54, 1.807) is 17.0 Å². The third-order valence-corrected chi connectivity index (χ3v) is 7.32. The molecule has 194 valence electrons. The van der Waals surface area contributed by atoms with E-state index in [1.807, 2.05) is 20.8 Å². The Labute approximate surface area is 211 Å². The Hall–Kier alpha value is -3.46. The van der Waals surface area contributed by atoms with Crippen LogP contribution >= 0.6 is 0 Å². The van der Waals surface area contributed by atoms with Crippen LogP contribution in [-0.4, -0.2) is 79.1 Å². The summed E-state index contributed by atoms with van der Waals surface area (Å²) in [5.41, 5.74) is 3.64. The zero-order chi connectivity index (χ0) is 26.1. The summed E-state index contributed by atoms with van der Waals surface area (Å²) in [7, 11) is 4.54. The van der Waals surface area contributed by atoms with Crippen molar-refractivity contribution in [2.24, 2.45) is 0 Å². The third-order valence-electron chi connectivity index (χ3n) is 7.32. The van der Waals surface area contributed by atoms with Gasteiger partial charge in [0.15, 0.2) is 11.5 Å². The van der Waals surface area contributed by atoms with Crippen LogP contribution in [0.5, 0.6) is 17.2 Å². The number of hydrogen-bond donors (Lipinski definition) is 2. The Balaban J connectivity index is 1.90. The summed E-state index contributed by atoms with van der Waals surface area (Å²) in [5, 5.41) is 11.5. The van der Waals surface area contributed by atoms with Crippen molar-refractivity contribution in [1.82, 2.24) is 14.8 Å². The zero-order valence-electron chi connectivity index (χ0n) is 21.9. The minimum absolute atomic E-state index is 0.0564. The van der Waals surface area contributed by atoms with Crippen LogP contribution in [0.15, 0.2) is 17.7 Å². The molecule has 0 radical (unpaired) electrons.